The zero-order valence-corrected chi connectivity index (χ0v) is 16.2. The van der Waals surface area contributed by atoms with Gasteiger partial charge in [0, 0.05) is 12.2 Å². The maximum Gasteiger partial charge on any atom is 0.387 e. The van der Waals surface area contributed by atoms with E-state index in [1.165, 1.54) is 25.3 Å². The zero-order chi connectivity index (χ0) is 21.5. The summed E-state index contributed by atoms with van der Waals surface area (Å²) in [6, 6.07) is 17.1. The molecule has 3 aromatic rings. The number of benzene rings is 2. The number of methoxy groups -OCH3 is 1. The molecule has 8 heteroatoms. The highest BCUT2D eigenvalue weighted by atomic mass is 19.3. The number of hydrogen-bond acceptors (Lipinski definition) is 4. The van der Waals surface area contributed by atoms with Gasteiger partial charge >= 0.3 is 6.61 Å². The van der Waals surface area contributed by atoms with Gasteiger partial charge in [0.2, 0.25) is 0 Å². The van der Waals surface area contributed by atoms with Gasteiger partial charge in [0.05, 0.1) is 7.11 Å². The molecular weight excluding hydrogens is 394 g/mol. The van der Waals surface area contributed by atoms with Gasteiger partial charge in [-0.2, -0.15) is 8.78 Å². The van der Waals surface area contributed by atoms with Crippen LogP contribution < -0.4 is 20.3 Å². The maximum absolute atomic E-state index is 12.5. The van der Waals surface area contributed by atoms with Crippen LogP contribution >= 0.6 is 0 Å². The first-order valence-electron chi connectivity index (χ1n) is 9.16. The van der Waals surface area contributed by atoms with Gasteiger partial charge in [0.25, 0.3) is 11.5 Å². The van der Waals surface area contributed by atoms with Crippen LogP contribution in [0, 0.1) is 0 Å². The van der Waals surface area contributed by atoms with Crippen LogP contribution in [0.4, 0.5) is 8.78 Å². The van der Waals surface area contributed by atoms with Crippen molar-refractivity contribution in [3.05, 3.63) is 82.1 Å². The van der Waals surface area contributed by atoms with E-state index < -0.39 is 18.1 Å². The molecule has 0 saturated heterocycles. The molecule has 0 aliphatic carbocycles. The van der Waals surface area contributed by atoms with Gasteiger partial charge in [0.15, 0.2) is 11.5 Å². The summed E-state index contributed by atoms with van der Waals surface area (Å²) in [5.74, 6) is -0.411. The number of alkyl halides is 2. The second-order valence-electron chi connectivity index (χ2n) is 6.35. The number of hydrogen-bond donors (Lipinski definition) is 2. The molecule has 3 rings (SSSR count). The Morgan fingerprint density at radius 3 is 2.50 bits per heavy atom. The van der Waals surface area contributed by atoms with Crippen molar-refractivity contribution in [2.45, 2.75) is 13.0 Å². The van der Waals surface area contributed by atoms with Crippen LogP contribution in [0.15, 0.2) is 65.5 Å². The Morgan fingerprint density at radius 2 is 1.83 bits per heavy atom. The molecule has 1 heterocycles. The van der Waals surface area contributed by atoms with Gasteiger partial charge in [-0.05, 0) is 41.8 Å². The second kappa shape index (κ2) is 9.69. The third kappa shape index (κ3) is 5.22. The Labute approximate surface area is 171 Å². The van der Waals surface area contributed by atoms with Crippen molar-refractivity contribution in [1.82, 2.24) is 10.3 Å². The van der Waals surface area contributed by atoms with Crippen molar-refractivity contribution in [1.29, 1.82) is 0 Å². The molecule has 0 radical (unpaired) electrons. The lowest BCUT2D eigenvalue weighted by Crippen LogP contribution is -2.31. The summed E-state index contributed by atoms with van der Waals surface area (Å²) in [6.07, 6.45) is 0.356. The molecule has 0 spiro atoms. The quantitative estimate of drug-likeness (QED) is 0.590. The summed E-state index contributed by atoms with van der Waals surface area (Å²) >= 11 is 0. The van der Waals surface area contributed by atoms with E-state index >= 15 is 0 Å². The van der Waals surface area contributed by atoms with Crippen LogP contribution in [0.1, 0.15) is 15.9 Å². The Balaban J connectivity index is 1.63. The highest BCUT2D eigenvalue weighted by molar-refractivity contribution is 5.94. The number of pyridine rings is 1. The van der Waals surface area contributed by atoms with Crippen LogP contribution in [0.5, 0.6) is 11.5 Å². The number of carbonyl (C=O) groups is 1. The molecule has 0 atom stereocenters. The number of carbonyl (C=O) groups excluding carboxylic acids is 1. The number of halogens is 2. The minimum absolute atomic E-state index is 0.00821. The number of rotatable bonds is 8. The van der Waals surface area contributed by atoms with Crippen molar-refractivity contribution in [2.75, 3.05) is 13.7 Å². The molecule has 0 aliphatic heterocycles. The van der Waals surface area contributed by atoms with Gasteiger partial charge in [-0.15, -0.1) is 0 Å². The minimum atomic E-state index is -2.97. The molecule has 2 N–H and O–H groups in total. The SMILES string of the molecule is COc1ccc(CCNC(=O)c2ccc(-c3ccccc3)[nH]c2=O)cc1OC(F)F. The number of nitrogens with one attached hydrogen (secondary N) is 2. The van der Waals surface area contributed by atoms with Crippen molar-refractivity contribution in [3.8, 4) is 22.8 Å². The van der Waals surface area contributed by atoms with Crippen molar-refractivity contribution in [2.24, 2.45) is 0 Å². The monoisotopic (exact) mass is 414 g/mol. The molecule has 1 amide bonds. The van der Waals surface area contributed by atoms with Gasteiger partial charge in [-0.3, -0.25) is 9.59 Å². The number of aromatic amines is 1. The molecule has 0 aliphatic rings. The standard InChI is InChI=1S/C22H20F2N2O4/c1-29-18-10-7-14(13-19(18)30-22(23)24)11-12-25-20(27)16-8-9-17(26-21(16)28)15-5-3-2-4-6-15/h2-10,13,22H,11-12H2,1H3,(H,25,27)(H,26,28). The summed E-state index contributed by atoms with van der Waals surface area (Å²) in [6.45, 7) is -2.77. The van der Waals surface area contributed by atoms with Crippen molar-refractivity contribution < 1.29 is 23.0 Å². The summed E-state index contributed by atoms with van der Waals surface area (Å²) in [7, 11) is 1.36. The molecule has 0 saturated carbocycles. The number of ether oxygens (including phenoxy) is 2. The van der Waals surface area contributed by atoms with Crippen LogP contribution in [-0.2, 0) is 6.42 Å². The summed E-state index contributed by atoms with van der Waals surface area (Å²) in [5.41, 5.74) is 1.61. The van der Waals surface area contributed by atoms with E-state index in [2.05, 4.69) is 15.0 Å². The van der Waals surface area contributed by atoms with E-state index in [9.17, 15) is 18.4 Å². The fourth-order valence-corrected chi connectivity index (χ4v) is 2.92. The third-order valence-electron chi connectivity index (χ3n) is 4.38. The first-order chi connectivity index (χ1) is 14.5. The molecule has 0 bridgehead atoms. The molecule has 0 unspecified atom stereocenters. The Kier molecular flexibility index (Phi) is 6.79. The van der Waals surface area contributed by atoms with Gasteiger partial charge in [-0.1, -0.05) is 36.4 Å². The van der Waals surface area contributed by atoms with Crippen LogP contribution in [0.25, 0.3) is 11.3 Å². The number of aromatic nitrogens is 1. The summed E-state index contributed by atoms with van der Waals surface area (Å²) in [5, 5.41) is 2.66. The predicted octanol–water partition coefficient (Wildman–Crippen LogP) is 3.62. The van der Waals surface area contributed by atoms with E-state index in [0.717, 1.165) is 5.56 Å². The molecule has 6 nitrogen and oxygen atoms in total. The Hall–Kier alpha value is -3.68. The lowest BCUT2D eigenvalue weighted by molar-refractivity contribution is -0.0512. The third-order valence-corrected chi connectivity index (χ3v) is 4.38. The molecular formula is C22H20F2N2O4. The van der Waals surface area contributed by atoms with E-state index in [0.29, 0.717) is 17.7 Å². The molecule has 1 aromatic heterocycles. The van der Waals surface area contributed by atoms with E-state index in [1.54, 1.807) is 12.1 Å². The maximum atomic E-state index is 12.5. The topological polar surface area (TPSA) is 80.4 Å². The highest BCUT2D eigenvalue weighted by Gasteiger charge is 2.13. The first-order valence-corrected chi connectivity index (χ1v) is 9.16. The van der Waals surface area contributed by atoms with Gasteiger partial charge < -0.3 is 19.8 Å². The van der Waals surface area contributed by atoms with Gasteiger partial charge in [0.1, 0.15) is 5.56 Å². The lowest BCUT2D eigenvalue weighted by Gasteiger charge is -2.12. The summed E-state index contributed by atoms with van der Waals surface area (Å²) < 4.78 is 34.5. The fourth-order valence-electron chi connectivity index (χ4n) is 2.92. The highest BCUT2D eigenvalue weighted by Crippen LogP contribution is 2.29. The number of amides is 1. The predicted molar refractivity (Wildman–Crippen MR) is 108 cm³/mol. The smallest absolute Gasteiger partial charge is 0.387 e. The second-order valence-corrected chi connectivity index (χ2v) is 6.35. The zero-order valence-electron chi connectivity index (χ0n) is 16.2. The van der Waals surface area contributed by atoms with E-state index in [4.69, 9.17) is 4.74 Å². The molecule has 2 aromatic carbocycles. The van der Waals surface area contributed by atoms with Crippen molar-refractivity contribution >= 4 is 5.91 Å². The molecule has 0 fully saturated rings. The lowest BCUT2D eigenvalue weighted by atomic mass is 10.1. The minimum Gasteiger partial charge on any atom is -0.493 e. The Bertz CT molecular complexity index is 1070. The molecule has 30 heavy (non-hydrogen) atoms. The molecule has 156 valence electrons. The van der Waals surface area contributed by atoms with E-state index in [-0.39, 0.29) is 23.6 Å². The van der Waals surface area contributed by atoms with Crippen LogP contribution in [-0.4, -0.2) is 31.2 Å². The van der Waals surface area contributed by atoms with Gasteiger partial charge in [-0.25, -0.2) is 0 Å². The van der Waals surface area contributed by atoms with Crippen LogP contribution in [0.2, 0.25) is 0 Å². The Morgan fingerprint density at radius 1 is 1.07 bits per heavy atom. The summed E-state index contributed by atoms with van der Waals surface area (Å²) in [4.78, 5) is 27.3. The van der Waals surface area contributed by atoms with E-state index in [1.807, 2.05) is 30.3 Å². The fraction of sp³-hybridized carbons (Fsp3) is 0.182. The largest absolute Gasteiger partial charge is 0.493 e. The average molecular weight is 414 g/mol. The van der Waals surface area contributed by atoms with Crippen molar-refractivity contribution in [3.63, 3.8) is 0 Å². The first kappa shape index (κ1) is 21.0. The normalized spacial score (nSPS) is 10.7. The van der Waals surface area contributed by atoms with Crippen LogP contribution in [0.3, 0.4) is 0 Å². The average Bonchev–Trinajstić information content (AvgIpc) is 2.74. The number of H-pyrrole nitrogens is 1.